The van der Waals surface area contributed by atoms with E-state index in [1.807, 2.05) is 26.0 Å². The number of aromatic nitrogens is 2. The highest BCUT2D eigenvalue weighted by molar-refractivity contribution is 5.79. The summed E-state index contributed by atoms with van der Waals surface area (Å²) in [6.45, 7) is 3.92. The van der Waals surface area contributed by atoms with Gasteiger partial charge in [-0.25, -0.2) is 14.8 Å². The minimum atomic E-state index is -0.615. The number of hydrogen-bond acceptors (Lipinski definition) is 7. The lowest BCUT2D eigenvalue weighted by molar-refractivity contribution is -0.0287. The SMILES string of the molecule is CC1(C)Oc2cc3oc(=O)ccc3cc2CC1Oc1cc(-c2ccoc2)ncn1. The molecule has 1 aromatic carbocycles. The van der Waals surface area contributed by atoms with Crippen molar-refractivity contribution >= 4 is 11.0 Å². The van der Waals surface area contributed by atoms with Crippen LogP contribution in [0, 0.1) is 0 Å². The Hall–Kier alpha value is -3.61. The van der Waals surface area contributed by atoms with Crippen molar-refractivity contribution in [2.45, 2.75) is 32.0 Å². The van der Waals surface area contributed by atoms with Gasteiger partial charge in [-0.05, 0) is 37.6 Å². The van der Waals surface area contributed by atoms with E-state index in [4.69, 9.17) is 18.3 Å². The molecular formula is C22H18N2O5. The van der Waals surface area contributed by atoms with Crippen LogP contribution in [-0.4, -0.2) is 21.7 Å². The zero-order chi connectivity index (χ0) is 20.0. The van der Waals surface area contributed by atoms with Gasteiger partial charge in [0.05, 0.1) is 18.2 Å². The van der Waals surface area contributed by atoms with Gasteiger partial charge in [0.1, 0.15) is 29.4 Å². The largest absolute Gasteiger partial charge is 0.484 e. The van der Waals surface area contributed by atoms with Crippen molar-refractivity contribution in [1.82, 2.24) is 9.97 Å². The van der Waals surface area contributed by atoms with Gasteiger partial charge in [0.2, 0.25) is 5.88 Å². The van der Waals surface area contributed by atoms with Gasteiger partial charge < -0.3 is 18.3 Å². The average Bonchev–Trinajstić information content (AvgIpc) is 3.22. The summed E-state index contributed by atoms with van der Waals surface area (Å²) < 4.78 is 22.8. The maximum Gasteiger partial charge on any atom is 0.336 e. The molecular weight excluding hydrogens is 372 g/mol. The number of hydrogen-bond donors (Lipinski definition) is 0. The number of furan rings is 1. The predicted molar refractivity (Wildman–Crippen MR) is 105 cm³/mol. The van der Waals surface area contributed by atoms with Crippen LogP contribution in [0.25, 0.3) is 22.2 Å². The Morgan fingerprint density at radius 1 is 1.14 bits per heavy atom. The molecule has 1 unspecified atom stereocenters. The summed E-state index contributed by atoms with van der Waals surface area (Å²) in [5, 5.41) is 0.842. The van der Waals surface area contributed by atoms with Crippen LogP contribution in [0.2, 0.25) is 0 Å². The smallest absolute Gasteiger partial charge is 0.336 e. The molecule has 5 rings (SSSR count). The molecule has 7 nitrogen and oxygen atoms in total. The maximum atomic E-state index is 11.5. The van der Waals surface area contributed by atoms with E-state index in [1.165, 1.54) is 12.4 Å². The van der Waals surface area contributed by atoms with Crippen molar-refractivity contribution < 1.29 is 18.3 Å². The fraction of sp³-hybridized carbons (Fsp3) is 0.227. The molecule has 4 heterocycles. The predicted octanol–water partition coefficient (Wildman–Crippen LogP) is 4.00. The van der Waals surface area contributed by atoms with E-state index >= 15 is 0 Å². The summed E-state index contributed by atoms with van der Waals surface area (Å²) >= 11 is 0. The number of fused-ring (bicyclic) bond motifs is 2. The molecule has 3 aromatic heterocycles. The first-order valence-corrected chi connectivity index (χ1v) is 9.25. The van der Waals surface area contributed by atoms with E-state index in [-0.39, 0.29) is 11.7 Å². The quantitative estimate of drug-likeness (QED) is 0.489. The Balaban J connectivity index is 1.47. The van der Waals surface area contributed by atoms with Crippen LogP contribution < -0.4 is 15.1 Å². The fourth-order valence-corrected chi connectivity index (χ4v) is 3.49. The second kappa shape index (κ2) is 6.48. The van der Waals surface area contributed by atoms with E-state index in [0.717, 1.165) is 22.2 Å². The first kappa shape index (κ1) is 17.5. The molecule has 146 valence electrons. The topological polar surface area (TPSA) is 87.6 Å². The molecule has 0 aliphatic carbocycles. The lowest BCUT2D eigenvalue weighted by Gasteiger charge is -2.39. The van der Waals surface area contributed by atoms with Crippen LogP contribution in [0.4, 0.5) is 0 Å². The summed E-state index contributed by atoms with van der Waals surface area (Å²) in [5.41, 5.74) is 2.07. The van der Waals surface area contributed by atoms with Crippen molar-refractivity contribution in [3.63, 3.8) is 0 Å². The first-order chi connectivity index (χ1) is 14.0. The summed E-state index contributed by atoms with van der Waals surface area (Å²) in [7, 11) is 0. The van der Waals surface area contributed by atoms with Crippen LogP contribution in [0.1, 0.15) is 19.4 Å². The van der Waals surface area contributed by atoms with Crippen LogP contribution in [0.15, 0.2) is 68.9 Å². The minimum absolute atomic E-state index is 0.268. The Bertz CT molecular complexity index is 1240. The number of nitrogens with zero attached hydrogens (tertiary/aromatic N) is 2. The zero-order valence-corrected chi connectivity index (χ0v) is 15.9. The molecule has 1 aliphatic rings. The molecule has 0 amide bonds. The van der Waals surface area contributed by atoms with Crippen LogP contribution in [0.3, 0.4) is 0 Å². The summed E-state index contributed by atoms with van der Waals surface area (Å²) in [4.78, 5) is 20.0. The van der Waals surface area contributed by atoms with Crippen LogP contribution in [-0.2, 0) is 6.42 Å². The first-order valence-electron chi connectivity index (χ1n) is 9.25. The standard InChI is InChI=1S/C22H18N2O5/c1-22(2)19(28-20-9-16(23-12-24-20)14-5-6-26-11-14)8-15-7-13-3-4-21(25)27-17(13)10-18(15)29-22/h3-7,9-12,19H,8H2,1-2H3. The van der Waals surface area contributed by atoms with E-state index in [1.54, 1.807) is 30.7 Å². The third kappa shape index (κ3) is 3.24. The highest BCUT2D eigenvalue weighted by atomic mass is 16.6. The third-order valence-corrected chi connectivity index (χ3v) is 5.08. The second-order valence-corrected chi connectivity index (χ2v) is 7.52. The number of benzene rings is 1. The molecule has 0 N–H and O–H groups in total. The molecule has 4 aromatic rings. The fourth-order valence-electron chi connectivity index (χ4n) is 3.49. The number of rotatable bonds is 3. The van der Waals surface area contributed by atoms with Crippen LogP contribution in [0.5, 0.6) is 11.6 Å². The molecule has 1 atom stereocenters. The highest BCUT2D eigenvalue weighted by Crippen LogP contribution is 2.37. The van der Waals surface area contributed by atoms with Gasteiger partial charge in [-0.1, -0.05) is 0 Å². The lowest BCUT2D eigenvalue weighted by Crippen LogP contribution is -2.49. The second-order valence-electron chi connectivity index (χ2n) is 7.52. The lowest BCUT2D eigenvalue weighted by atomic mass is 9.90. The van der Waals surface area contributed by atoms with Gasteiger partial charge >= 0.3 is 5.63 Å². The van der Waals surface area contributed by atoms with E-state index in [0.29, 0.717) is 23.6 Å². The third-order valence-electron chi connectivity index (χ3n) is 5.08. The molecule has 0 spiro atoms. The summed E-state index contributed by atoms with van der Waals surface area (Å²) in [6, 6.07) is 10.5. The van der Waals surface area contributed by atoms with Crippen LogP contribution >= 0.6 is 0 Å². The summed E-state index contributed by atoms with van der Waals surface area (Å²) in [5.74, 6) is 1.16. The zero-order valence-electron chi connectivity index (χ0n) is 15.9. The Kier molecular flexibility index (Phi) is 3.91. The molecule has 7 heteroatoms. The van der Waals surface area contributed by atoms with Gasteiger partial charge in [-0.15, -0.1) is 0 Å². The molecule has 0 saturated heterocycles. The van der Waals surface area contributed by atoms with Crippen molar-refractivity contribution in [3.05, 3.63) is 71.2 Å². The van der Waals surface area contributed by atoms with Crippen molar-refractivity contribution in [2.75, 3.05) is 0 Å². The van der Waals surface area contributed by atoms with Gasteiger partial charge in [-0.2, -0.15) is 0 Å². The van der Waals surface area contributed by atoms with E-state index in [9.17, 15) is 4.79 Å². The van der Waals surface area contributed by atoms with E-state index < -0.39 is 5.60 Å². The minimum Gasteiger partial charge on any atom is -0.484 e. The van der Waals surface area contributed by atoms with Gasteiger partial charge in [0.25, 0.3) is 0 Å². The monoisotopic (exact) mass is 390 g/mol. The molecule has 1 aliphatic heterocycles. The molecule has 0 fully saturated rings. The Morgan fingerprint density at radius 3 is 2.86 bits per heavy atom. The molecule has 0 radical (unpaired) electrons. The van der Waals surface area contributed by atoms with E-state index in [2.05, 4.69) is 9.97 Å². The molecule has 0 saturated carbocycles. The number of ether oxygens (including phenoxy) is 2. The average molecular weight is 390 g/mol. The normalized spacial score (nSPS) is 17.5. The van der Waals surface area contributed by atoms with Crippen molar-refractivity contribution in [3.8, 4) is 22.9 Å². The maximum absolute atomic E-state index is 11.5. The van der Waals surface area contributed by atoms with Crippen molar-refractivity contribution in [2.24, 2.45) is 0 Å². The highest BCUT2D eigenvalue weighted by Gasteiger charge is 2.39. The Morgan fingerprint density at radius 2 is 2.03 bits per heavy atom. The van der Waals surface area contributed by atoms with Gasteiger partial charge in [0, 0.05) is 35.6 Å². The Labute approximate surface area is 165 Å². The molecule has 0 bridgehead atoms. The van der Waals surface area contributed by atoms with Gasteiger partial charge in [-0.3, -0.25) is 0 Å². The summed E-state index contributed by atoms with van der Waals surface area (Å²) in [6.07, 6.45) is 5.05. The van der Waals surface area contributed by atoms with Crippen molar-refractivity contribution in [1.29, 1.82) is 0 Å². The molecule has 29 heavy (non-hydrogen) atoms. The van der Waals surface area contributed by atoms with Gasteiger partial charge in [0.15, 0.2) is 0 Å².